The number of amides is 3. The molecule has 0 spiro atoms. The van der Waals surface area contributed by atoms with E-state index in [1.54, 1.807) is 18.2 Å². The zero-order chi connectivity index (χ0) is 18.7. The number of nitrogens with one attached hydrogen (secondary N) is 1. The third-order valence-electron chi connectivity index (χ3n) is 3.55. The molecule has 2 aromatic rings. The van der Waals surface area contributed by atoms with Gasteiger partial charge in [-0.25, -0.2) is 0 Å². The Labute approximate surface area is 152 Å². The molecule has 1 fully saturated rings. The molecule has 0 saturated carbocycles. The molecule has 8 heteroatoms. The fraction of sp³-hybridized carbons (Fsp3) is 0.0556. The maximum Gasteiger partial charge on any atom is 0.294 e. The minimum atomic E-state index is -0.593. The van der Waals surface area contributed by atoms with Crippen LogP contribution in [0, 0.1) is 0 Å². The van der Waals surface area contributed by atoms with Crippen LogP contribution in [0.4, 0.5) is 10.5 Å². The molecule has 26 heavy (non-hydrogen) atoms. The molecule has 0 aromatic heterocycles. The van der Waals surface area contributed by atoms with Crippen molar-refractivity contribution in [1.82, 2.24) is 4.90 Å². The van der Waals surface area contributed by atoms with Gasteiger partial charge >= 0.3 is 0 Å². The second-order valence-electron chi connectivity index (χ2n) is 5.42. The molecule has 1 aliphatic heterocycles. The summed E-state index contributed by atoms with van der Waals surface area (Å²) in [5.74, 6) is -1.08. The van der Waals surface area contributed by atoms with Crippen LogP contribution in [0.1, 0.15) is 5.56 Å². The average molecular weight is 370 g/mol. The summed E-state index contributed by atoms with van der Waals surface area (Å²) in [6.07, 6.45) is 1.41. The molecule has 3 N–H and O–H groups in total. The number of thioether (sulfide) groups is 1. The van der Waals surface area contributed by atoms with E-state index in [0.29, 0.717) is 23.0 Å². The number of carbonyl (C=O) groups is 3. The lowest BCUT2D eigenvalue weighted by atomic mass is 10.2. The number of aromatic hydroxyl groups is 2. The van der Waals surface area contributed by atoms with Gasteiger partial charge in [-0.05, 0) is 48.2 Å². The van der Waals surface area contributed by atoms with Crippen molar-refractivity contribution in [1.29, 1.82) is 0 Å². The van der Waals surface area contributed by atoms with Crippen molar-refractivity contribution in [3.05, 3.63) is 59.0 Å². The molecule has 3 amide bonds. The lowest BCUT2D eigenvalue weighted by Crippen LogP contribution is -2.36. The normalized spacial score (nSPS) is 15.5. The van der Waals surface area contributed by atoms with Gasteiger partial charge in [0, 0.05) is 11.3 Å². The fourth-order valence-corrected chi connectivity index (χ4v) is 3.11. The van der Waals surface area contributed by atoms with Crippen molar-refractivity contribution in [3.8, 4) is 11.5 Å². The highest BCUT2D eigenvalue weighted by molar-refractivity contribution is 8.18. The molecule has 1 saturated heterocycles. The number of anilines is 1. The van der Waals surface area contributed by atoms with Gasteiger partial charge in [0.05, 0.1) is 4.91 Å². The minimum absolute atomic E-state index is 0.00984. The van der Waals surface area contributed by atoms with Crippen LogP contribution in [0.2, 0.25) is 0 Å². The number of carbonyl (C=O) groups excluding carboxylic acids is 3. The van der Waals surface area contributed by atoms with Gasteiger partial charge < -0.3 is 15.5 Å². The predicted molar refractivity (Wildman–Crippen MR) is 97.5 cm³/mol. The standard InChI is InChI=1S/C18H14N2O5S/c21-13-7-5-12(6-8-13)19-16(23)10-20-17(24)15(26-18(20)25)9-11-3-1-2-4-14(11)22/h1-9,21-22H,10H2,(H,19,23)/b15-9-. The van der Waals surface area contributed by atoms with E-state index >= 15 is 0 Å². The molecule has 2 aromatic carbocycles. The average Bonchev–Trinajstić information content (AvgIpc) is 2.86. The second-order valence-corrected chi connectivity index (χ2v) is 6.41. The van der Waals surface area contributed by atoms with E-state index in [4.69, 9.17) is 0 Å². The Morgan fingerprint density at radius 1 is 1.08 bits per heavy atom. The molecular formula is C18H14N2O5S. The van der Waals surface area contributed by atoms with Crippen LogP contribution in [-0.2, 0) is 9.59 Å². The number of benzene rings is 2. The van der Waals surface area contributed by atoms with Crippen LogP contribution in [-0.4, -0.2) is 38.7 Å². The molecule has 0 unspecified atom stereocenters. The van der Waals surface area contributed by atoms with Gasteiger partial charge in [0.25, 0.3) is 11.1 Å². The highest BCUT2D eigenvalue weighted by Gasteiger charge is 2.36. The lowest BCUT2D eigenvalue weighted by Gasteiger charge is -2.12. The molecule has 3 rings (SSSR count). The number of phenols is 2. The topological polar surface area (TPSA) is 107 Å². The number of nitrogens with zero attached hydrogens (tertiary/aromatic N) is 1. The van der Waals surface area contributed by atoms with Crippen LogP contribution in [0.3, 0.4) is 0 Å². The van der Waals surface area contributed by atoms with E-state index in [1.165, 1.54) is 36.4 Å². The summed E-state index contributed by atoms with van der Waals surface area (Å²) in [4.78, 5) is 37.5. The van der Waals surface area contributed by atoms with Gasteiger partial charge in [0.15, 0.2) is 0 Å². The SMILES string of the molecule is O=C(CN1C(=O)S/C(=C\c2ccccc2O)C1=O)Nc1ccc(O)cc1. The number of phenolic OH excluding ortho intramolecular Hbond substituents is 2. The highest BCUT2D eigenvalue weighted by atomic mass is 32.2. The van der Waals surface area contributed by atoms with Crippen molar-refractivity contribution >= 4 is 40.6 Å². The van der Waals surface area contributed by atoms with Crippen LogP contribution >= 0.6 is 11.8 Å². The van der Waals surface area contributed by atoms with E-state index in [9.17, 15) is 24.6 Å². The molecule has 1 heterocycles. The van der Waals surface area contributed by atoms with E-state index < -0.39 is 23.6 Å². The van der Waals surface area contributed by atoms with E-state index in [-0.39, 0.29) is 16.4 Å². The smallest absolute Gasteiger partial charge is 0.294 e. The zero-order valence-corrected chi connectivity index (χ0v) is 14.2. The zero-order valence-electron chi connectivity index (χ0n) is 13.4. The third kappa shape index (κ3) is 3.86. The summed E-state index contributed by atoms with van der Waals surface area (Å²) in [6, 6.07) is 12.2. The van der Waals surface area contributed by atoms with Gasteiger partial charge in [-0.15, -0.1) is 0 Å². The summed E-state index contributed by atoms with van der Waals surface area (Å²) in [5.41, 5.74) is 0.844. The first-order valence-corrected chi connectivity index (χ1v) is 8.38. The summed E-state index contributed by atoms with van der Waals surface area (Å²) in [6.45, 7) is -0.427. The van der Waals surface area contributed by atoms with Crippen molar-refractivity contribution < 1.29 is 24.6 Å². The molecule has 132 valence electrons. The van der Waals surface area contributed by atoms with Gasteiger partial charge in [0.1, 0.15) is 18.0 Å². The summed E-state index contributed by atoms with van der Waals surface area (Å²) in [5, 5.41) is 21.0. The quantitative estimate of drug-likeness (QED) is 0.564. The Kier molecular flexibility index (Phi) is 4.94. The third-order valence-corrected chi connectivity index (χ3v) is 4.46. The fourth-order valence-electron chi connectivity index (χ4n) is 2.28. The maximum absolute atomic E-state index is 12.4. The monoisotopic (exact) mass is 370 g/mol. The first-order chi connectivity index (χ1) is 12.4. The van der Waals surface area contributed by atoms with Gasteiger partial charge in [-0.1, -0.05) is 18.2 Å². The molecule has 0 atom stereocenters. The molecule has 0 radical (unpaired) electrons. The number of hydrogen-bond acceptors (Lipinski definition) is 6. The van der Waals surface area contributed by atoms with Gasteiger partial charge in [-0.2, -0.15) is 0 Å². The molecule has 0 aliphatic carbocycles. The number of imide groups is 1. The van der Waals surface area contributed by atoms with Crippen LogP contribution in [0.25, 0.3) is 6.08 Å². The van der Waals surface area contributed by atoms with Crippen molar-refractivity contribution in [2.45, 2.75) is 0 Å². The van der Waals surface area contributed by atoms with E-state index in [2.05, 4.69) is 5.32 Å². The Hall–Kier alpha value is -3.26. The van der Waals surface area contributed by atoms with Crippen LogP contribution < -0.4 is 5.32 Å². The lowest BCUT2D eigenvalue weighted by molar-refractivity contribution is -0.127. The molecule has 0 bridgehead atoms. The van der Waals surface area contributed by atoms with Crippen molar-refractivity contribution in [3.63, 3.8) is 0 Å². The number of para-hydroxylation sites is 1. The number of hydrogen-bond donors (Lipinski definition) is 3. The molecular weight excluding hydrogens is 356 g/mol. The summed E-state index contributed by atoms with van der Waals surface area (Å²) < 4.78 is 0. The summed E-state index contributed by atoms with van der Waals surface area (Å²) >= 11 is 0.710. The molecule has 7 nitrogen and oxygen atoms in total. The highest BCUT2D eigenvalue weighted by Crippen LogP contribution is 2.33. The Bertz CT molecular complexity index is 908. The van der Waals surface area contributed by atoms with Gasteiger partial charge in [0.2, 0.25) is 5.91 Å². The van der Waals surface area contributed by atoms with Crippen LogP contribution in [0.5, 0.6) is 11.5 Å². The Morgan fingerprint density at radius 3 is 2.46 bits per heavy atom. The van der Waals surface area contributed by atoms with Crippen LogP contribution in [0.15, 0.2) is 53.4 Å². The first-order valence-electron chi connectivity index (χ1n) is 7.56. The van der Waals surface area contributed by atoms with Crippen molar-refractivity contribution in [2.75, 3.05) is 11.9 Å². The largest absolute Gasteiger partial charge is 0.508 e. The Morgan fingerprint density at radius 2 is 1.77 bits per heavy atom. The minimum Gasteiger partial charge on any atom is -0.508 e. The maximum atomic E-state index is 12.4. The first kappa shape index (κ1) is 17.6. The Balaban J connectivity index is 1.70. The summed E-state index contributed by atoms with van der Waals surface area (Å²) in [7, 11) is 0. The molecule has 1 aliphatic rings. The number of rotatable bonds is 4. The second kappa shape index (κ2) is 7.32. The van der Waals surface area contributed by atoms with E-state index in [1.807, 2.05) is 0 Å². The van der Waals surface area contributed by atoms with E-state index in [0.717, 1.165) is 4.90 Å². The predicted octanol–water partition coefficient (Wildman–Crippen LogP) is 2.77. The van der Waals surface area contributed by atoms with Gasteiger partial charge in [-0.3, -0.25) is 19.3 Å². The van der Waals surface area contributed by atoms with Crippen molar-refractivity contribution in [2.24, 2.45) is 0 Å².